The van der Waals surface area contributed by atoms with Crippen molar-refractivity contribution in [2.24, 2.45) is 0 Å². The Hall–Kier alpha value is -4.01. The number of nitrogens with zero attached hydrogens (tertiary/aromatic N) is 5. The molecule has 0 radical (unpaired) electrons. The minimum absolute atomic E-state index is 0.00438. The van der Waals surface area contributed by atoms with E-state index in [4.69, 9.17) is 4.98 Å². The van der Waals surface area contributed by atoms with E-state index in [-0.39, 0.29) is 22.9 Å². The summed E-state index contributed by atoms with van der Waals surface area (Å²) in [6.07, 6.45) is 5.64. The van der Waals surface area contributed by atoms with Gasteiger partial charge in [0.25, 0.3) is 5.56 Å². The fourth-order valence-corrected chi connectivity index (χ4v) is 5.11. The van der Waals surface area contributed by atoms with Gasteiger partial charge in [-0.3, -0.25) is 14.6 Å². The Morgan fingerprint density at radius 1 is 1.08 bits per heavy atom. The van der Waals surface area contributed by atoms with Crippen LogP contribution in [-0.4, -0.2) is 30.2 Å². The van der Waals surface area contributed by atoms with Gasteiger partial charge in [0.1, 0.15) is 5.39 Å². The number of carbonyl (C=O) groups is 1. The molecule has 2 N–H and O–H groups in total. The van der Waals surface area contributed by atoms with Crippen molar-refractivity contribution in [1.82, 2.24) is 29.6 Å². The lowest BCUT2D eigenvalue weighted by Crippen LogP contribution is -2.46. The number of anilines is 2. The molecule has 1 aromatic carbocycles. The van der Waals surface area contributed by atoms with E-state index in [1.807, 2.05) is 53.5 Å². The minimum Gasteiger partial charge on any atom is -0.347 e. The van der Waals surface area contributed by atoms with Crippen molar-refractivity contribution in [3.63, 3.8) is 0 Å². The fraction of sp³-hybridized carbons (Fsp3) is 0.393. The molecular weight excluding hydrogens is 466 g/mol. The summed E-state index contributed by atoms with van der Waals surface area (Å²) < 4.78 is 3.73. The maximum Gasteiger partial charge on any atom is 0.278 e. The third-order valence-electron chi connectivity index (χ3n) is 7.11. The molecule has 0 atom stereocenters. The summed E-state index contributed by atoms with van der Waals surface area (Å²) in [5.74, 6) is 0.392. The molecule has 1 saturated carbocycles. The predicted octanol–water partition coefficient (Wildman–Crippen LogP) is 4.26. The van der Waals surface area contributed by atoms with Gasteiger partial charge in [0.05, 0.1) is 23.7 Å². The molecule has 1 fully saturated rings. The number of benzene rings is 1. The largest absolute Gasteiger partial charge is 0.347 e. The van der Waals surface area contributed by atoms with Crippen molar-refractivity contribution in [2.45, 2.75) is 70.9 Å². The van der Waals surface area contributed by atoms with Gasteiger partial charge in [-0.15, -0.1) is 0 Å². The van der Waals surface area contributed by atoms with E-state index < -0.39 is 5.54 Å². The van der Waals surface area contributed by atoms with Crippen LogP contribution in [0.3, 0.4) is 0 Å². The molecule has 190 valence electrons. The van der Waals surface area contributed by atoms with E-state index >= 15 is 0 Å². The van der Waals surface area contributed by atoms with Crippen molar-refractivity contribution in [2.75, 3.05) is 5.32 Å². The molecule has 0 unspecified atom stereocenters. The number of carbonyl (C=O) groups excluding carboxylic acids is 1. The van der Waals surface area contributed by atoms with E-state index in [0.29, 0.717) is 23.4 Å². The Balaban J connectivity index is 1.44. The lowest BCUT2D eigenvalue weighted by atomic mass is 9.85. The van der Waals surface area contributed by atoms with Crippen LogP contribution in [0.4, 0.5) is 11.6 Å². The van der Waals surface area contributed by atoms with Gasteiger partial charge < -0.3 is 10.6 Å². The topological polar surface area (TPSA) is 107 Å². The summed E-state index contributed by atoms with van der Waals surface area (Å²) in [4.78, 5) is 39.4. The highest BCUT2D eigenvalue weighted by molar-refractivity contribution is 5.83. The Labute approximate surface area is 214 Å². The van der Waals surface area contributed by atoms with Crippen LogP contribution in [0.5, 0.6) is 0 Å². The number of pyridine rings is 1. The minimum atomic E-state index is -0.420. The molecule has 9 nitrogen and oxygen atoms in total. The predicted molar refractivity (Wildman–Crippen MR) is 142 cm³/mol. The molecule has 0 saturated heterocycles. The third kappa shape index (κ3) is 4.08. The zero-order valence-electron chi connectivity index (χ0n) is 21.8. The highest BCUT2D eigenvalue weighted by Crippen LogP contribution is 2.36. The molecule has 3 aromatic heterocycles. The number of hydrogen-bond acceptors (Lipinski definition) is 6. The van der Waals surface area contributed by atoms with Gasteiger partial charge in [-0.05, 0) is 62.1 Å². The molecule has 37 heavy (non-hydrogen) atoms. The van der Waals surface area contributed by atoms with Crippen LogP contribution in [-0.2, 0) is 22.2 Å². The van der Waals surface area contributed by atoms with Crippen LogP contribution in [0.15, 0.2) is 47.5 Å². The van der Waals surface area contributed by atoms with Crippen molar-refractivity contribution < 1.29 is 4.79 Å². The number of aromatic nitrogens is 5. The number of rotatable bonds is 4. The summed E-state index contributed by atoms with van der Waals surface area (Å²) in [5, 5.41) is 6.80. The van der Waals surface area contributed by atoms with Crippen LogP contribution in [0, 0.1) is 0 Å². The molecule has 4 heterocycles. The Morgan fingerprint density at radius 3 is 2.59 bits per heavy atom. The molecular formula is C28H31N7O2. The van der Waals surface area contributed by atoms with Gasteiger partial charge in [0.15, 0.2) is 5.65 Å². The van der Waals surface area contributed by atoms with Gasteiger partial charge in [0.2, 0.25) is 11.9 Å². The number of fused-ring (bicyclic) bond motifs is 2. The average Bonchev–Trinajstić information content (AvgIpc) is 3.61. The molecule has 9 heteroatoms. The Bertz CT molecular complexity index is 1620. The first kappa shape index (κ1) is 23.4. The second-order valence-corrected chi connectivity index (χ2v) is 11.6. The lowest BCUT2D eigenvalue weighted by Gasteiger charge is -2.33. The van der Waals surface area contributed by atoms with Crippen molar-refractivity contribution >= 4 is 28.6 Å². The first-order valence-electron chi connectivity index (χ1n) is 12.7. The molecule has 0 bridgehead atoms. The van der Waals surface area contributed by atoms with Crippen molar-refractivity contribution in [1.29, 1.82) is 0 Å². The van der Waals surface area contributed by atoms with Crippen LogP contribution >= 0.6 is 0 Å². The van der Waals surface area contributed by atoms with Crippen LogP contribution in [0.25, 0.3) is 16.7 Å². The number of hydrogen-bond donors (Lipinski definition) is 2. The highest BCUT2D eigenvalue weighted by Gasteiger charge is 2.32. The van der Waals surface area contributed by atoms with Gasteiger partial charge in [-0.25, -0.2) is 14.3 Å². The maximum atomic E-state index is 13.4. The van der Waals surface area contributed by atoms with E-state index in [2.05, 4.69) is 41.4 Å². The highest BCUT2D eigenvalue weighted by atomic mass is 16.2. The van der Waals surface area contributed by atoms with Crippen LogP contribution in [0.2, 0.25) is 0 Å². The number of nitrogens with one attached hydrogen (secondary N) is 2. The molecule has 0 spiro atoms. The third-order valence-corrected chi connectivity index (χ3v) is 7.11. The average molecular weight is 498 g/mol. The van der Waals surface area contributed by atoms with Gasteiger partial charge in [-0.2, -0.15) is 4.98 Å². The van der Waals surface area contributed by atoms with E-state index in [0.717, 1.165) is 41.0 Å². The summed E-state index contributed by atoms with van der Waals surface area (Å²) in [7, 11) is 0. The fourth-order valence-electron chi connectivity index (χ4n) is 5.11. The van der Waals surface area contributed by atoms with Gasteiger partial charge in [0, 0.05) is 29.2 Å². The van der Waals surface area contributed by atoms with E-state index in [1.54, 1.807) is 12.4 Å². The van der Waals surface area contributed by atoms with E-state index in [1.165, 1.54) is 0 Å². The first-order valence-corrected chi connectivity index (χ1v) is 12.7. The summed E-state index contributed by atoms with van der Waals surface area (Å²) in [6.45, 7) is 10.4. The van der Waals surface area contributed by atoms with E-state index in [9.17, 15) is 9.59 Å². The van der Waals surface area contributed by atoms with Gasteiger partial charge >= 0.3 is 0 Å². The molecule has 2 aliphatic rings. The molecule has 1 amide bonds. The molecule has 4 aromatic rings. The second kappa shape index (κ2) is 7.99. The molecule has 6 rings (SSSR count). The van der Waals surface area contributed by atoms with Crippen molar-refractivity contribution in [3.8, 4) is 5.69 Å². The first-order chi connectivity index (χ1) is 17.5. The second-order valence-electron chi connectivity index (χ2n) is 11.6. The normalized spacial score (nSPS) is 16.9. The quantitative estimate of drug-likeness (QED) is 0.436. The summed E-state index contributed by atoms with van der Waals surface area (Å²) >= 11 is 0. The molecule has 1 aliphatic heterocycles. The monoisotopic (exact) mass is 497 g/mol. The maximum absolute atomic E-state index is 13.4. The molecule has 1 aliphatic carbocycles. The van der Waals surface area contributed by atoms with Crippen LogP contribution < -0.4 is 16.2 Å². The number of amides is 1. The summed E-state index contributed by atoms with van der Waals surface area (Å²) in [6, 6.07) is 10.1. The standard InChI is InChI=1S/C28H31N7O2/c1-27(2,3)22-14-19(10-11-29-22)34-24-20(25(37)35(34)18-7-8-18)15-30-26(32-24)31-17-6-9-21-16(12-17)13-23(36)33-28(21,4)5/h6,9-12,14-15,18H,7-8,13H2,1-5H3,(H,33,36)(H,30,31,32). The van der Waals surface area contributed by atoms with Gasteiger partial charge in [-0.1, -0.05) is 26.8 Å². The van der Waals surface area contributed by atoms with Crippen molar-refractivity contribution in [3.05, 3.63) is 69.9 Å². The smallest absolute Gasteiger partial charge is 0.278 e. The lowest BCUT2D eigenvalue weighted by molar-refractivity contribution is -0.122. The zero-order valence-corrected chi connectivity index (χ0v) is 21.8. The summed E-state index contributed by atoms with van der Waals surface area (Å²) in [5.41, 5.74) is 4.57. The zero-order chi connectivity index (χ0) is 26.1. The Morgan fingerprint density at radius 2 is 1.86 bits per heavy atom. The van der Waals surface area contributed by atoms with Crippen LogP contribution in [0.1, 0.15) is 70.3 Å². The Kier molecular flexibility index (Phi) is 5.05. The SMILES string of the molecule is CC(C)(C)c1cc(-n2c3nc(Nc4ccc5c(c4)CC(=O)NC5(C)C)ncc3c(=O)n2C2CC2)ccn1.